The standard InChI is InChI=1S/C12H12N2O2/c13-8-10-4-1-2-5-11(10)16-9-12(15)14-6-3-7-14/h1-2,4-5H,3,6-7,9H2. The maximum Gasteiger partial charge on any atom is 0.260 e. The molecule has 0 saturated carbocycles. The molecule has 0 unspecified atom stereocenters. The van der Waals surface area contributed by atoms with Crippen molar-refractivity contribution >= 4 is 5.91 Å². The van der Waals surface area contributed by atoms with Crippen LogP contribution in [0.5, 0.6) is 5.75 Å². The molecule has 1 aliphatic rings. The molecule has 0 aliphatic carbocycles. The molecule has 1 saturated heterocycles. The Morgan fingerprint density at radius 2 is 2.19 bits per heavy atom. The second kappa shape index (κ2) is 4.67. The third kappa shape index (κ3) is 2.14. The molecule has 82 valence electrons. The van der Waals surface area contributed by atoms with Crippen molar-refractivity contribution in [2.24, 2.45) is 0 Å². The number of carbonyl (C=O) groups is 1. The van der Waals surface area contributed by atoms with Crippen LogP contribution in [0.1, 0.15) is 12.0 Å². The van der Waals surface area contributed by atoms with E-state index in [-0.39, 0.29) is 12.5 Å². The van der Waals surface area contributed by atoms with Gasteiger partial charge in [-0.05, 0) is 18.6 Å². The molecule has 4 heteroatoms. The number of ether oxygens (including phenoxy) is 1. The molecular weight excluding hydrogens is 204 g/mol. The molecule has 4 nitrogen and oxygen atoms in total. The van der Waals surface area contributed by atoms with E-state index in [1.807, 2.05) is 6.07 Å². The molecule has 0 N–H and O–H groups in total. The lowest BCUT2D eigenvalue weighted by molar-refractivity contribution is -0.136. The summed E-state index contributed by atoms with van der Waals surface area (Å²) in [6.07, 6.45) is 1.07. The van der Waals surface area contributed by atoms with E-state index in [0.29, 0.717) is 11.3 Å². The van der Waals surface area contributed by atoms with Crippen LogP contribution in [0.25, 0.3) is 0 Å². The zero-order valence-corrected chi connectivity index (χ0v) is 8.85. The molecule has 1 heterocycles. The van der Waals surface area contributed by atoms with Crippen molar-refractivity contribution in [1.82, 2.24) is 4.90 Å². The average molecular weight is 216 g/mol. The topological polar surface area (TPSA) is 53.3 Å². The van der Waals surface area contributed by atoms with Crippen LogP contribution in [0, 0.1) is 11.3 Å². The normalized spacial score (nSPS) is 13.8. The van der Waals surface area contributed by atoms with Gasteiger partial charge in [-0.25, -0.2) is 0 Å². The van der Waals surface area contributed by atoms with E-state index in [9.17, 15) is 4.79 Å². The van der Waals surface area contributed by atoms with Crippen LogP contribution in [-0.2, 0) is 4.79 Å². The summed E-state index contributed by atoms with van der Waals surface area (Å²) in [4.78, 5) is 13.3. The number of hydrogen-bond donors (Lipinski definition) is 0. The zero-order chi connectivity index (χ0) is 11.4. The van der Waals surface area contributed by atoms with Gasteiger partial charge in [0.15, 0.2) is 6.61 Å². The predicted molar refractivity (Wildman–Crippen MR) is 57.8 cm³/mol. The molecule has 1 fully saturated rings. The number of hydrogen-bond acceptors (Lipinski definition) is 3. The molecule has 1 amide bonds. The fourth-order valence-electron chi connectivity index (χ4n) is 1.48. The Kier molecular flexibility index (Phi) is 3.06. The number of benzene rings is 1. The fourth-order valence-corrected chi connectivity index (χ4v) is 1.48. The van der Waals surface area contributed by atoms with Gasteiger partial charge >= 0.3 is 0 Å². The highest BCUT2D eigenvalue weighted by Gasteiger charge is 2.20. The lowest BCUT2D eigenvalue weighted by atomic mass is 10.2. The minimum Gasteiger partial charge on any atom is -0.482 e. The minimum atomic E-state index is -0.0148. The van der Waals surface area contributed by atoms with Crippen molar-refractivity contribution in [1.29, 1.82) is 5.26 Å². The monoisotopic (exact) mass is 216 g/mol. The predicted octanol–water partition coefficient (Wildman–Crippen LogP) is 1.17. The van der Waals surface area contributed by atoms with Crippen LogP contribution in [0.4, 0.5) is 0 Å². The van der Waals surface area contributed by atoms with E-state index >= 15 is 0 Å². The molecule has 1 aliphatic heterocycles. The Bertz CT molecular complexity index is 433. The second-order valence-corrected chi connectivity index (χ2v) is 3.63. The van der Waals surface area contributed by atoms with E-state index in [1.165, 1.54) is 0 Å². The summed E-state index contributed by atoms with van der Waals surface area (Å²) < 4.78 is 5.33. The van der Waals surface area contributed by atoms with Crippen molar-refractivity contribution < 1.29 is 9.53 Å². The van der Waals surface area contributed by atoms with Crippen LogP contribution in [0.2, 0.25) is 0 Å². The SMILES string of the molecule is N#Cc1ccccc1OCC(=O)N1CCC1. The fraction of sp³-hybridized carbons (Fsp3) is 0.333. The van der Waals surface area contributed by atoms with Gasteiger partial charge in [-0.15, -0.1) is 0 Å². The number of para-hydroxylation sites is 1. The van der Waals surface area contributed by atoms with Gasteiger partial charge in [0.25, 0.3) is 5.91 Å². The van der Waals surface area contributed by atoms with E-state index in [4.69, 9.17) is 10.00 Å². The van der Waals surface area contributed by atoms with Gasteiger partial charge in [-0.3, -0.25) is 4.79 Å². The van der Waals surface area contributed by atoms with Crippen LogP contribution in [0.3, 0.4) is 0 Å². The molecule has 1 aromatic carbocycles. The molecule has 0 aromatic heterocycles. The summed E-state index contributed by atoms with van der Waals surface area (Å²) in [6.45, 7) is 1.66. The zero-order valence-electron chi connectivity index (χ0n) is 8.85. The Morgan fingerprint density at radius 1 is 1.44 bits per heavy atom. The van der Waals surface area contributed by atoms with Crippen molar-refractivity contribution in [2.75, 3.05) is 19.7 Å². The smallest absolute Gasteiger partial charge is 0.260 e. The molecule has 0 radical (unpaired) electrons. The van der Waals surface area contributed by atoms with Crippen LogP contribution in [0.15, 0.2) is 24.3 Å². The van der Waals surface area contributed by atoms with Crippen molar-refractivity contribution in [3.8, 4) is 11.8 Å². The van der Waals surface area contributed by atoms with Gasteiger partial charge in [0.2, 0.25) is 0 Å². The molecular formula is C12H12N2O2. The summed E-state index contributed by atoms with van der Waals surface area (Å²) >= 11 is 0. The summed E-state index contributed by atoms with van der Waals surface area (Å²) in [6, 6.07) is 8.94. The first-order chi connectivity index (χ1) is 7.81. The van der Waals surface area contributed by atoms with Crippen molar-refractivity contribution in [3.63, 3.8) is 0 Å². The lowest BCUT2D eigenvalue weighted by Crippen LogP contribution is -2.44. The first-order valence-electron chi connectivity index (χ1n) is 5.21. The van der Waals surface area contributed by atoms with Gasteiger partial charge in [0.1, 0.15) is 11.8 Å². The Labute approximate surface area is 94.0 Å². The molecule has 0 spiro atoms. The molecule has 2 rings (SSSR count). The first-order valence-corrected chi connectivity index (χ1v) is 5.21. The summed E-state index contributed by atoms with van der Waals surface area (Å²) in [7, 11) is 0. The maximum atomic E-state index is 11.5. The Balaban J connectivity index is 1.94. The largest absolute Gasteiger partial charge is 0.482 e. The van der Waals surface area contributed by atoms with Crippen LogP contribution in [-0.4, -0.2) is 30.5 Å². The number of nitrogens with zero attached hydrogens (tertiary/aromatic N) is 2. The molecule has 0 bridgehead atoms. The van der Waals surface area contributed by atoms with Gasteiger partial charge < -0.3 is 9.64 Å². The summed E-state index contributed by atoms with van der Waals surface area (Å²) in [5.74, 6) is 0.456. The number of likely N-dealkylation sites (tertiary alicyclic amines) is 1. The second-order valence-electron chi connectivity index (χ2n) is 3.63. The van der Waals surface area contributed by atoms with E-state index < -0.39 is 0 Å². The molecule has 1 aromatic rings. The van der Waals surface area contributed by atoms with Crippen molar-refractivity contribution in [2.45, 2.75) is 6.42 Å². The van der Waals surface area contributed by atoms with Gasteiger partial charge in [0.05, 0.1) is 5.56 Å². The van der Waals surface area contributed by atoms with Crippen LogP contribution < -0.4 is 4.74 Å². The number of carbonyl (C=O) groups excluding carboxylic acids is 1. The van der Waals surface area contributed by atoms with Crippen LogP contribution >= 0.6 is 0 Å². The highest BCUT2D eigenvalue weighted by atomic mass is 16.5. The average Bonchev–Trinajstić information content (AvgIpc) is 2.24. The van der Waals surface area contributed by atoms with Gasteiger partial charge in [-0.2, -0.15) is 5.26 Å². The maximum absolute atomic E-state index is 11.5. The number of amides is 1. The lowest BCUT2D eigenvalue weighted by Gasteiger charge is -2.30. The van der Waals surface area contributed by atoms with Gasteiger partial charge in [-0.1, -0.05) is 12.1 Å². The third-order valence-corrected chi connectivity index (χ3v) is 2.57. The van der Waals surface area contributed by atoms with E-state index in [1.54, 1.807) is 29.2 Å². The van der Waals surface area contributed by atoms with Crippen molar-refractivity contribution in [3.05, 3.63) is 29.8 Å². The number of rotatable bonds is 3. The molecule has 0 atom stereocenters. The van der Waals surface area contributed by atoms with E-state index in [2.05, 4.69) is 0 Å². The quantitative estimate of drug-likeness (QED) is 0.762. The van der Waals surface area contributed by atoms with E-state index in [0.717, 1.165) is 19.5 Å². The highest BCUT2D eigenvalue weighted by Crippen LogP contribution is 2.16. The molecule has 16 heavy (non-hydrogen) atoms. The Morgan fingerprint density at radius 3 is 2.81 bits per heavy atom. The highest BCUT2D eigenvalue weighted by molar-refractivity contribution is 5.78. The first kappa shape index (κ1) is 10.5. The Hall–Kier alpha value is -2.02. The minimum absolute atomic E-state index is 0.0126. The summed E-state index contributed by atoms with van der Waals surface area (Å²) in [5, 5.41) is 8.82. The third-order valence-electron chi connectivity index (χ3n) is 2.57. The number of nitriles is 1. The van der Waals surface area contributed by atoms with Gasteiger partial charge in [0, 0.05) is 13.1 Å². The summed E-state index contributed by atoms with van der Waals surface area (Å²) in [5.41, 5.74) is 0.457.